The van der Waals surface area contributed by atoms with E-state index in [1.54, 1.807) is 23.9 Å². The summed E-state index contributed by atoms with van der Waals surface area (Å²) in [5, 5.41) is 2.96. The van der Waals surface area contributed by atoms with Crippen LogP contribution in [0.4, 0.5) is 0 Å². The summed E-state index contributed by atoms with van der Waals surface area (Å²) in [7, 11) is -3.93. The second-order valence-corrected chi connectivity index (χ2v) is 10.4. The van der Waals surface area contributed by atoms with Crippen molar-refractivity contribution in [1.82, 2.24) is 10.0 Å². The van der Waals surface area contributed by atoms with E-state index in [1.165, 1.54) is 12.1 Å². The van der Waals surface area contributed by atoms with E-state index in [2.05, 4.69) is 10.0 Å². The lowest BCUT2D eigenvalue weighted by Gasteiger charge is -2.22. The van der Waals surface area contributed by atoms with E-state index >= 15 is 0 Å². The second kappa shape index (κ2) is 12.1. The van der Waals surface area contributed by atoms with Crippen LogP contribution in [0.1, 0.15) is 31.0 Å². The molecule has 2 unspecified atom stereocenters. The topological polar surface area (TPSA) is 84.5 Å². The molecule has 2 N–H and O–H groups in total. The molecule has 0 spiro atoms. The smallest absolute Gasteiger partial charge is 0.241 e. The minimum atomic E-state index is -3.93. The molecular weight excluding hydrogens is 468 g/mol. The SMILES string of the molecule is CCOc1ccc(S(=O)(=O)NC(Cc2ccccc2)C(=O)NC(C)c2ccc(SC)cc2)cc1. The third kappa shape index (κ3) is 7.09. The fourth-order valence-corrected chi connectivity index (χ4v) is 5.07. The number of ether oxygens (including phenoxy) is 1. The largest absolute Gasteiger partial charge is 0.494 e. The van der Waals surface area contributed by atoms with Crippen LogP contribution in [0.5, 0.6) is 5.75 Å². The summed E-state index contributed by atoms with van der Waals surface area (Å²) in [6.45, 7) is 4.23. The number of thioether (sulfide) groups is 1. The molecule has 180 valence electrons. The predicted octanol–water partition coefficient (Wildman–Crippen LogP) is 4.57. The van der Waals surface area contributed by atoms with Crippen LogP contribution in [0.15, 0.2) is 88.7 Å². The Morgan fingerprint density at radius 3 is 2.21 bits per heavy atom. The number of carbonyl (C=O) groups is 1. The van der Waals surface area contributed by atoms with Gasteiger partial charge in [-0.05, 0) is 74.0 Å². The molecule has 6 nitrogen and oxygen atoms in total. The number of hydrogen-bond acceptors (Lipinski definition) is 5. The normalized spacial score (nSPS) is 13.1. The van der Waals surface area contributed by atoms with Crippen molar-refractivity contribution in [2.75, 3.05) is 12.9 Å². The molecule has 2 atom stereocenters. The first-order chi connectivity index (χ1) is 16.3. The highest BCUT2D eigenvalue weighted by Gasteiger charge is 2.27. The lowest BCUT2D eigenvalue weighted by atomic mass is 10.0. The van der Waals surface area contributed by atoms with Crippen molar-refractivity contribution in [3.8, 4) is 5.75 Å². The van der Waals surface area contributed by atoms with Gasteiger partial charge in [-0.3, -0.25) is 4.79 Å². The zero-order valence-corrected chi connectivity index (χ0v) is 21.2. The molecule has 0 aliphatic carbocycles. The van der Waals surface area contributed by atoms with Crippen molar-refractivity contribution in [3.63, 3.8) is 0 Å². The van der Waals surface area contributed by atoms with Crippen molar-refractivity contribution < 1.29 is 17.9 Å². The van der Waals surface area contributed by atoms with Crippen molar-refractivity contribution in [1.29, 1.82) is 0 Å². The number of carbonyl (C=O) groups excluding carboxylic acids is 1. The van der Waals surface area contributed by atoms with Crippen molar-refractivity contribution in [3.05, 3.63) is 90.0 Å². The summed E-state index contributed by atoms with van der Waals surface area (Å²) in [5.41, 5.74) is 1.80. The molecule has 0 aliphatic heterocycles. The third-order valence-corrected chi connectivity index (χ3v) is 7.55. The highest BCUT2D eigenvalue weighted by molar-refractivity contribution is 7.98. The molecule has 0 saturated carbocycles. The Kier molecular flexibility index (Phi) is 9.15. The first kappa shape index (κ1) is 25.8. The van der Waals surface area contributed by atoms with Gasteiger partial charge in [-0.15, -0.1) is 11.8 Å². The monoisotopic (exact) mass is 498 g/mol. The molecule has 0 aromatic heterocycles. The fourth-order valence-electron chi connectivity index (χ4n) is 3.46. The Balaban J connectivity index is 1.80. The average molecular weight is 499 g/mol. The van der Waals surface area contributed by atoms with E-state index in [1.807, 2.05) is 74.7 Å². The standard InChI is InChI=1S/C26H30N2O4S2/c1-4-32-22-12-16-24(17-13-22)34(30,31)28-25(18-20-8-6-5-7-9-20)26(29)27-19(2)21-10-14-23(33-3)15-11-21/h5-17,19,25,28H,4,18H2,1-3H3,(H,27,29). The number of benzene rings is 3. The molecule has 0 heterocycles. The number of sulfonamides is 1. The maximum atomic E-state index is 13.2. The quantitative estimate of drug-likeness (QED) is 0.378. The lowest BCUT2D eigenvalue weighted by molar-refractivity contribution is -0.123. The van der Waals surface area contributed by atoms with Gasteiger partial charge in [-0.25, -0.2) is 8.42 Å². The van der Waals surface area contributed by atoms with Gasteiger partial charge in [0.05, 0.1) is 17.5 Å². The average Bonchev–Trinajstić information content (AvgIpc) is 2.84. The van der Waals surface area contributed by atoms with Crippen LogP contribution in [0, 0.1) is 0 Å². The Hall–Kier alpha value is -2.81. The molecule has 3 rings (SSSR count). The molecule has 1 amide bonds. The summed E-state index contributed by atoms with van der Waals surface area (Å²) in [5.74, 6) is 0.196. The van der Waals surface area contributed by atoms with Gasteiger partial charge in [0.15, 0.2) is 0 Å². The Morgan fingerprint density at radius 1 is 0.971 bits per heavy atom. The molecule has 0 aliphatic rings. The maximum Gasteiger partial charge on any atom is 0.241 e. The fraction of sp³-hybridized carbons (Fsp3) is 0.269. The van der Waals surface area contributed by atoms with Crippen LogP contribution in [0.25, 0.3) is 0 Å². The molecule has 0 saturated heterocycles. The number of amides is 1. The van der Waals surface area contributed by atoms with Gasteiger partial charge < -0.3 is 10.1 Å². The minimum Gasteiger partial charge on any atom is -0.494 e. The van der Waals surface area contributed by atoms with Crippen LogP contribution in [-0.2, 0) is 21.2 Å². The summed E-state index contributed by atoms with van der Waals surface area (Å²) in [6.07, 6.45) is 2.23. The Bertz CT molecular complexity index is 1170. The molecule has 3 aromatic carbocycles. The van der Waals surface area contributed by atoms with E-state index in [9.17, 15) is 13.2 Å². The molecule has 0 fully saturated rings. The van der Waals surface area contributed by atoms with Crippen LogP contribution in [0.2, 0.25) is 0 Å². The third-order valence-electron chi connectivity index (χ3n) is 5.32. The van der Waals surface area contributed by atoms with Gasteiger partial charge in [-0.1, -0.05) is 42.5 Å². The van der Waals surface area contributed by atoms with Gasteiger partial charge in [0.2, 0.25) is 15.9 Å². The highest BCUT2D eigenvalue weighted by atomic mass is 32.2. The van der Waals surface area contributed by atoms with E-state index in [-0.39, 0.29) is 23.3 Å². The Labute approximate surface area is 206 Å². The number of hydrogen-bond donors (Lipinski definition) is 2. The molecule has 0 radical (unpaired) electrons. The molecule has 0 bridgehead atoms. The van der Waals surface area contributed by atoms with Crippen molar-refractivity contribution in [2.24, 2.45) is 0 Å². The van der Waals surface area contributed by atoms with Crippen molar-refractivity contribution in [2.45, 2.75) is 42.1 Å². The lowest BCUT2D eigenvalue weighted by Crippen LogP contribution is -2.48. The zero-order chi connectivity index (χ0) is 24.6. The summed E-state index contributed by atoms with van der Waals surface area (Å²) in [6, 6.07) is 22.2. The van der Waals surface area contributed by atoms with E-state index < -0.39 is 16.1 Å². The van der Waals surface area contributed by atoms with E-state index in [4.69, 9.17) is 4.74 Å². The van der Waals surface area contributed by atoms with Crippen LogP contribution in [0.3, 0.4) is 0 Å². The van der Waals surface area contributed by atoms with Gasteiger partial charge in [-0.2, -0.15) is 4.72 Å². The maximum absolute atomic E-state index is 13.2. The molecule has 8 heteroatoms. The number of rotatable bonds is 11. The predicted molar refractivity (Wildman–Crippen MR) is 137 cm³/mol. The molecule has 34 heavy (non-hydrogen) atoms. The van der Waals surface area contributed by atoms with Gasteiger partial charge in [0.25, 0.3) is 0 Å². The second-order valence-electron chi connectivity index (χ2n) is 7.77. The van der Waals surface area contributed by atoms with Gasteiger partial charge >= 0.3 is 0 Å². The van der Waals surface area contributed by atoms with Crippen molar-refractivity contribution >= 4 is 27.7 Å². The Morgan fingerprint density at radius 2 is 1.62 bits per heavy atom. The molecule has 3 aromatic rings. The van der Waals surface area contributed by atoms with E-state index in [0.29, 0.717) is 12.4 Å². The number of nitrogens with one attached hydrogen (secondary N) is 2. The first-order valence-corrected chi connectivity index (χ1v) is 13.8. The minimum absolute atomic E-state index is 0.0718. The van der Waals surface area contributed by atoms with Gasteiger partial charge in [0.1, 0.15) is 11.8 Å². The summed E-state index contributed by atoms with van der Waals surface area (Å²) < 4.78 is 34.2. The summed E-state index contributed by atoms with van der Waals surface area (Å²) in [4.78, 5) is 14.4. The highest BCUT2D eigenvalue weighted by Crippen LogP contribution is 2.20. The first-order valence-electron chi connectivity index (χ1n) is 11.1. The van der Waals surface area contributed by atoms with Gasteiger partial charge in [0, 0.05) is 4.90 Å². The van der Waals surface area contributed by atoms with Crippen LogP contribution >= 0.6 is 11.8 Å². The molecular formula is C26H30N2O4S2. The summed E-state index contributed by atoms with van der Waals surface area (Å²) >= 11 is 1.65. The van der Waals surface area contributed by atoms with E-state index in [0.717, 1.165) is 16.0 Å². The van der Waals surface area contributed by atoms with Crippen LogP contribution < -0.4 is 14.8 Å². The zero-order valence-electron chi connectivity index (χ0n) is 19.5. The van der Waals surface area contributed by atoms with Crippen LogP contribution in [-0.4, -0.2) is 33.2 Å².